The molecule has 0 unspecified atom stereocenters. The van der Waals surface area contributed by atoms with Crippen LogP contribution in [0.4, 0.5) is 0 Å². The first-order valence-electron chi connectivity index (χ1n) is 6.01. The number of Topliss-reactive ketones (excluding diaryl/α,β-unsaturated/α-hetero) is 1. The quantitative estimate of drug-likeness (QED) is 0.679. The lowest BCUT2D eigenvalue weighted by Gasteiger charge is -2.15. The monoisotopic (exact) mass is 237 g/mol. The first-order valence-corrected chi connectivity index (χ1v) is 6.89. The van der Waals surface area contributed by atoms with Crippen molar-refractivity contribution >= 4 is 17.1 Å². The predicted molar refractivity (Wildman–Crippen MR) is 68.1 cm³/mol. The van der Waals surface area contributed by atoms with E-state index < -0.39 is 0 Å². The van der Waals surface area contributed by atoms with Gasteiger partial charge in [-0.2, -0.15) is 0 Å². The molecule has 0 aromatic carbocycles. The minimum atomic E-state index is 0.301. The van der Waals surface area contributed by atoms with Crippen LogP contribution in [0.15, 0.2) is 17.5 Å². The molecular weight excluding hydrogens is 218 g/mol. The summed E-state index contributed by atoms with van der Waals surface area (Å²) in [6.07, 6.45) is 4.48. The minimum Gasteiger partial charge on any atom is -0.306 e. The molecule has 1 aromatic heterocycles. The molecule has 0 atom stereocenters. The first kappa shape index (κ1) is 11.8. The van der Waals surface area contributed by atoms with Crippen molar-refractivity contribution in [2.24, 2.45) is 5.92 Å². The largest absolute Gasteiger partial charge is 0.306 e. The Balaban J connectivity index is 1.61. The van der Waals surface area contributed by atoms with Gasteiger partial charge >= 0.3 is 0 Å². The lowest BCUT2D eigenvalue weighted by molar-refractivity contribution is 0.0980. The van der Waals surface area contributed by atoms with Gasteiger partial charge < -0.3 is 4.90 Å². The third-order valence-electron chi connectivity index (χ3n) is 3.01. The van der Waals surface area contributed by atoms with Gasteiger partial charge in [0.25, 0.3) is 0 Å². The number of hydrogen-bond acceptors (Lipinski definition) is 3. The third-order valence-corrected chi connectivity index (χ3v) is 3.92. The average Bonchev–Trinajstić information content (AvgIpc) is 2.90. The Morgan fingerprint density at radius 1 is 1.56 bits per heavy atom. The van der Waals surface area contributed by atoms with Crippen LogP contribution in [0.3, 0.4) is 0 Å². The van der Waals surface area contributed by atoms with E-state index in [4.69, 9.17) is 0 Å². The van der Waals surface area contributed by atoms with E-state index in [2.05, 4.69) is 11.9 Å². The number of carbonyl (C=O) groups is 1. The smallest absolute Gasteiger partial charge is 0.172 e. The van der Waals surface area contributed by atoms with Gasteiger partial charge in [0.05, 0.1) is 4.88 Å². The van der Waals surface area contributed by atoms with Crippen LogP contribution >= 0.6 is 11.3 Å². The molecule has 3 heteroatoms. The second kappa shape index (κ2) is 5.60. The maximum atomic E-state index is 11.7. The molecule has 0 amide bonds. The molecule has 0 saturated heterocycles. The van der Waals surface area contributed by atoms with Gasteiger partial charge in [0, 0.05) is 13.0 Å². The highest BCUT2D eigenvalue weighted by Gasteiger charge is 2.22. The highest BCUT2D eigenvalue weighted by atomic mass is 32.1. The summed E-state index contributed by atoms with van der Waals surface area (Å²) in [7, 11) is 2.16. The molecule has 0 spiro atoms. The zero-order valence-corrected chi connectivity index (χ0v) is 10.6. The van der Waals surface area contributed by atoms with Crippen molar-refractivity contribution in [3.8, 4) is 0 Å². The fraction of sp³-hybridized carbons (Fsp3) is 0.615. The Labute approximate surface area is 101 Å². The van der Waals surface area contributed by atoms with E-state index in [0.717, 1.165) is 23.8 Å². The number of hydrogen-bond donors (Lipinski definition) is 0. The third kappa shape index (κ3) is 3.72. The van der Waals surface area contributed by atoms with Crippen LogP contribution in [0.1, 0.15) is 35.4 Å². The van der Waals surface area contributed by atoms with Crippen LogP contribution in [-0.2, 0) is 0 Å². The van der Waals surface area contributed by atoms with Crippen molar-refractivity contribution in [2.75, 3.05) is 20.1 Å². The van der Waals surface area contributed by atoms with Crippen LogP contribution in [0.2, 0.25) is 0 Å². The van der Waals surface area contributed by atoms with Crippen molar-refractivity contribution in [3.63, 3.8) is 0 Å². The number of rotatable bonds is 7. The van der Waals surface area contributed by atoms with Gasteiger partial charge in [-0.05, 0) is 50.2 Å². The standard InChI is InChI=1S/C13H19NOS/c1-14(10-11-6-7-11)8-2-4-12(15)13-5-3-9-16-13/h3,5,9,11H,2,4,6-8,10H2,1H3. The van der Waals surface area contributed by atoms with E-state index in [1.165, 1.54) is 19.4 Å². The SMILES string of the molecule is CN(CCCC(=O)c1cccs1)CC1CC1. The lowest BCUT2D eigenvalue weighted by Crippen LogP contribution is -2.22. The van der Waals surface area contributed by atoms with Gasteiger partial charge in [-0.25, -0.2) is 0 Å². The van der Waals surface area contributed by atoms with Crippen LogP contribution in [-0.4, -0.2) is 30.8 Å². The Morgan fingerprint density at radius 3 is 3.00 bits per heavy atom. The molecule has 1 saturated carbocycles. The van der Waals surface area contributed by atoms with Crippen molar-refractivity contribution in [3.05, 3.63) is 22.4 Å². The fourth-order valence-electron chi connectivity index (χ4n) is 1.90. The molecular formula is C13H19NOS. The zero-order valence-electron chi connectivity index (χ0n) is 9.82. The molecule has 1 aliphatic rings. The fourth-order valence-corrected chi connectivity index (χ4v) is 2.60. The summed E-state index contributed by atoms with van der Waals surface area (Å²) in [5.74, 6) is 1.24. The maximum Gasteiger partial charge on any atom is 0.172 e. The Hall–Kier alpha value is -0.670. The molecule has 1 aliphatic carbocycles. The van der Waals surface area contributed by atoms with E-state index in [1.807, 2.05) is 17.5 Å². The van der Waals surface area contributed by atoms with E-state index >= 15 is 0 Å². The Bertz CT molecular complexity index is 330. The second-order valence-electron chi connectivity index (χ2n) is 4.71. The summed E-state index contributed by atoms with van der Waals surface area (Å²) >= 11 is 1.55. The number of thiophene rings is 1. The van der Waals surface area contributed by atoms with E-state index in [0.29, 0.717) is 12.2 Å². The summed E-state index contributed by atoms with van der Waals surface area (Å²) < 4.78 is 0. The first-order chi connectivity index (χ1) is 7.75. The van der Waals surface area contributed by atoms with Gasteiger partial charge in [0.2, 0.25) is 0 Å². The van der Waals surface area contributed by atoms with E-state index in [1.54, 1.807) is 11.3 Å². The van der Waals surface area contributed by atoms with Crippen molar-refractivity contribution in [1.29, 1.82) is 0 Å². The van der Waals surface area contributed by atoms with Crippen molar-refractivity contribution < 1.29 is 4.79 Å². The van der Waals surface area contributed by atoms with E-state index in [-0.39, 0.29) is 0 Å². The molecule has 2 nitrogen and oxygen atoms in total. The molecule has 0 bridgehead atoms. The summed E-state index contributed by atoms with van der Waals surface area (Å²) in [5.41, 5.74) is 0. The van der Waals surface area contributed by atoms with Crippen LogP contribution < -0.4 is 0 Å². The molecule has 0 N–H and O–H groups in total. The van der Waals surface area contributed by atoms with Crippen LogP contribution in [0.25, 0.3) is 0 Å². The predicted octanol–water partition coefficient (Wildman–Crippen LogP) is 3.05. The molecule has 0 aliphatic heterocycles. The van der Waals surface area contributed by atoms with Crippen LogP contribution in [0.5, 0.6) is 0 Å². The minimum absolute atomic E-state index is 0.301. The number of carbonyl (C=O) groups excluding carboxylic acids is 1. The molecule has 1 aromatic rings. The van der Waals surface area contributed by atoms with Crippen molar-refractivity contribution in [2.45, 2.75) is 25.7 Å². The molecule has 16 heavy (non-hydrogen) atoms. The van der Waals surface area contributed by atoms with E-state index in [9.17, 15) is 4.79 Å². The molecule has 1 fully saturated rings. The second-order valence-corrected chi connectivity index (χ2v) is 5.66. The zero-order chi connectivity index (χ0) is 11.4. The summed E-state index contributed by atoms with van der Waals surface area (Å²) in [6.45, 7) is 2.26. The van der Waals surface area contributed by atoms with Gasteiger partial charge in [-0.15, -0.1) is 11.3 Å². The highest BCUT2D eigenvalue weighted by Crippen LogP contribution is 2.29. The molecule has 88 valence electrons. The average molecular weight is 237 g/mol. The molecule has 0 radical (unpaired) electrons. The maximum absolute atomic E-state index is 11.7. The van der Waals surface area contributed by atoms with Crippen LogP contribution in [0, 0.1) is 5.92 Å². The van der Waals surface area contributed by atoms with Gasteiger partial charge in [0.15, 0.2) is 5.78 Å². The summed E-state index contributed by atoms with van der Waals surface area (Å²) in [6, 6.07) is 3.86. The normalized spacial score (nSPS) is 15.6. The summed E-state index contributed by atoms with van der Waals surface area (Å²) in [4.78, 5) is 15.0. The topological polar surface area (TPSA) is 20.3 Å². The molecule has 1 heterocycles. The molecule has 2 rings (SSSR count). The summed E-state index contributed by atoms with van der Waals surface area (Å²) in [5, 5.41) is 1.96. The Kier molecular flexibility index (Phi) is 4.13. The Morgan fingerprint density at radius 2 is 2.38 bits per heavy atom. The van der Waals surface area contributed by atoms with Gasteiger partial charge in [-0.1, -0.05) is 6.07 Å². The highest BCUT2D eigenvalue weighted by molar-refractivity contribution is 7.12. The van der Waals surface area contributed by atoms with Gasteiger partial charge in [0.1, 0.15) is 0 Å². The van der Waals surface area contributed by atoms with Gasteiger partial charge in [-0.3, -0.25) is 4.79 Å². The van der Waals surface area contributed by atoms with Crippen molar-refractivity contribution in [1.82, 2.24) is 4.90 Å². The lowest BCUT2D eigenvalue weighted by atomic mass is 10.2. The number of nitrogens with zero attached hydrogens (tertiary/aromatic N) is 1. The number of ketones is 1.